The fraction of sp³-hybridized carbons (Fsp3) is 0.0667. The van der Waals surface area contributed by atoms with Crippen molar-refractivity contribution in [1.82, 2.24) is 5.32 Å². The molecule has 21 heavy (non-hydrogen) atoms. The maximum atomic E-state index is 13.1. The van der Waals surface area contributed by atoms with E-state index >= 15 is 0 Å². The second-order valence-electron chi connectivity index (χ2n) is 4.31. The molecule has 0 bridgehead atoms. The number of carboxylic acids is 1. The lowest BCUT2D eigenvalue weighted by atomic mass is 10.1. The molecule has 0 unspecified atom stereocenters. The minimum Gasteiger partial charge on any atom is -0.479 e. The van der Waals surface area contributed by atoms with Crippen molar-refractivity contribution < 1.29 is 23.5 Å². The first-order chi connectivity index (χ1) is 9.97. The fourth-order valence-corrected chi connectivity index (χ4v) is 1.83. The van der Waals surface area contributed by atoms with E-state index in [4.69, 9.17) is 5.11 Å². The molecule has 2 rings (SSSR count). The first kappa shape index (κ1) is 14.6. The van der Waals surface area contributed by atoms with Crippen LogP contribution in [-0.4, -0.2) is 17.0 Å². The zero-order valence-corrected chi connectivity index (χ0v) is 10.7. The van der Waals surface area contributed by atoms with Crippen molar-refractivity contribution in [2.45, 2.75) is 6.04 Å². The molecule has 0 aliphatic heterocycles. The molecule has 0 heterocycles. The maximum absolute atomic E-state index is 13.1. The summed E-state index contributed by atoms with van der Waals surface area (Å²) in [6.07, 6.45) is 0. The summed E-state index contributed by atoms with van der Waals surface area (Å²) in [6, 6.07) is 9.01. The van der Waals surface area contributed by atoms with Crippen LogP contribution in [0.1, 0.15) is 22.0 Å². The Morgan fingerprint density at radius 3 is 2.10 bits per heavy atom. The number of amides is 1. The Morgan fingerprint density at radius 2 is 1.57 bits per heavy atom. The van der Waals surface area contributed by atoms with Crippen molar-refractivity contribution in [3.05, 3.63) is 71.3 Å². The number of rotatable bonds is 4. The molecule has 0 saturated heterocycles. The van der Waals surface area contributed by atoms with E-state index < -0.39 is 29.6 Å². The third-order valence-electron chi connectivity index (χ3n) is 2.78. The molecule has 6 heteroatoms. The van der Waals surface area contributed by atoms with Gasteiger partial charge in [0.15, 0.2) is 6.04 Å². The van der Waals surface area contributed by atoms with E-state index in [0.29, 0.717) is 11.6 Å². The van der Waals surface area contributed by atoms with Gasteiger partial charge in [0.2, 0.25) is 0 Å². The quantitative estimate of drug-likeness (QED) is 0.909. The standard InChI is InChI=1S/C15H11F2NO3/c16-11-6-10(7-12(17)8-11)14(19)18-13(15(20)21)9-4-2-1-3-5-9/h1-8,13H,(H,18,19)(H,20,21)/t13-/m1/s1. The summed E-state index contributed by atoms with van der Waals surface area (Å²) < 4.78 is 26.1. The Labute approximate surface area is 119 Å². The number of carbonyl (C=O) groups excluding carboxylic acids is 1. The van der Waals surface area contributed by atoms with E-state index in [1.807, 2.05) is 0 Å². The first-order valence-electron chi connectivity index (χ1n) is 6.02. The highest BCUT2D eigenvalue weighted by Gasteiger charge is 2.22. The molecule has 2 aromatic carbocycles. The van der Waals surface area contributed by atoms with Gasteiger partial charge in [0.05, 0.1) is 0 Å². The van der Waals surface area contributed by atoms with E-state index in [1.165, 1.54) is 12.1 Å². The summed E-state index contributed by atoms with van der Waals surface area (Å²) in [4.78, 5) is 23.2. The molecule has 0 spiro atoms. The first-order valence-corrected chi connectivity index (χ1v) is 6.02. The van der Waals surface area contributed by atoms with E-state index in [-0.39, 0.29) is 5.56 Å². The Hall–Kier alpha value is -2.76. The molecule has 2 N–H and O–H groups in total. The predicted molar refractivity (Wildman–Crippen MR) is 70.6 cm³/mol. The lowest BCUT2D eigenvalue weighted by Crippen LogP contribution is -2.33. The molecule has 0 aliphatic rings. The van der Waals surface area contributed by atoms with Crippen LogP contribution in [0.3, 0.4) is 0 Å². The van der Waals surface area contributed by atoms with Gasteiger partial charge in [-0.1, -0.05) is 30.3 Å². The van der Waals surface area contributed by atoms with Crippen LogP contribution in [0.15, 0.2) is 48.5 Å². The number of halogens is 2. The van der Waals surface area contributed by atoms with Crippen molar-refractivity contribution in [2.24, 2.45) is 0 Å². The molecule has 1 atom stereocenters. The molecule has 0 aliphatic carbocycles. The number of carboxylic acid groups (broad SMARTS) is 1. The second kappa shape index (κ2) is 6.13. The van der Waals surface area contributed by atoms with Crippen molar-refractivity contribution in [2.75, 3.05) is 0 Å². The number of hydrogen-bond donors (Lipinski definition) is 2. The molecule has 4 nitrogen and oxygen atoms in total. The topological polar surface area (TPSA) is 66.4 Å². The Kier molecular flexibility index (Phi) is 4.27. The summed E-state index contributed by atoms with van der Waals surface area (Å²) in [7, 11) is 0. The summed E-state index contributed by atoms with van der Waals surface area (Å²) in [5.74, 6) is -3.96. The smallest absolute Gasteiger partial charge is 0.330 e. The van der Waals surface area contributed by atoms with Gasteiger partial charge in [0.1, 0.15) is 11.6 Å². The van der Waals surface area contributed by atoms with E-state index in [2.05, 4.69) is 5.32 Å². The van der Waals surface area contributed by atoms with Crippen LogP contribution in [0.4, 0.5) is 8.78 Å². The van der Waals surface area contributed by atoms with Gasteiger partial charge in [-0.25, -0.2) is 13.6 Å². The zero-order valence-electron chi connectivity index (χ0n) is 10.7. The van der Waals surface area contributed by atoms with E-state index in [0.717, 1.165) is 12.1 Å². The average Bonchev–Trinajstić information content (AvgIpc) is 2.44. The highest BCUT2D eigenvalue weighted by Crippen LogP contribution is 2.15. The van der Waals surface area contributed by atoms with E-state index in [1.54, 1.807) is 18.2 Å². The minimum absolute atomic E-state index is 0.283. The SMILES string of the molecule is O=C(N[C@@H](C(=O)O)c1ccccc1)c1cc(F)cc(F)c1. The van der Waals surface area contributed by atoms with Gasteiger partial charge in [-0.05, 0) is 17.7 Å². The summed E-state index contributed by atoms with van der Waals surface area (Å²) in [5.41, 5.74) is 0.0740. The molecule has 0 saturated carbocycles. The van der Waals surface area contributed by atoms with Crippen LogP contribution < -0.4 is 5.32 Å². The molecule has 0 aromatic heterocycles. The van der Waals surface area contributed by atoms with Crippen LogP contribution in [0, 0.1) is 11.6 Å². The lowest BCUT2D eigenvalue weighted by molar-refractivity contribution is -0.139. The number of aliphatic carboxylic acids is 1. The van der Waals surface area contributed by atoms with Gasteiger partial charge < -0.3 is 10.4 Å². The lowest BCUT2D eigenvalue weighted by Gasteiger charge is -2.15. The average molecular weight is 291 g/mol. The molecule has 1 amide bonds. The second-order valence-corrected chi connectivity index (χ2v) is 4.31. The molecule has 0 radical (unpaired) electrons. The van der Waals surface area contributed by atoms with Crippen molar-refractivity contribution in [3.8, 4) is 0 Å². The Bertz CT molecular complexity index is 654. The van der Waals surface area contributed by atoms with Crippen LogP contribution >= 0.6 is 0 Å². The summed E-state index contributed by atoms with van der Waals surface area (Å²) >= 11 is 0. The van der Waals surface area contributed by atoms with Crippen molar-refractivity contribution in [1.29, 1.82) is 0 Å². The zero-order chi connectivity index (χ0) is 15.4. The Balaban J connectivity index is 2.25. The van der Waals surface area contributed by atoms with Gasteiger partial charge in [-0.2, -0.15) is 0 Å². The predicted octanol–water partition coefficient (Wildman–Crippen LogP) is 2.52. The number of benzene rings is 2. The van der Waals surface area contributed by atoms with Gasteiger partial charge in [0, 0.05) is 11.6 Å². The van der Waals surface area contributed by atoms with Gasteiger partial charge in [-0.3, -0.25) is 4.79 Å². The number of hydrogen-bond acceptors (Lipinski definition) is 2. The molecule has 0 fully saturated rings. The molecular weight excluding hydrogens is 280 g/mol. The van der Waals surface area contributed by atoms with Crippen molar-refractivity contribution >= 4 is 11.9 Å². The molecule has 108 valence electrons. The van der Waals surface area contributed by atoms with Crippen LogP contribution in [0.25, 0.3) is 0 Å². The summed E-state index contributed by atoms with van der Waals surface area (Å²) in [5, 5.41) is 11.4. The van der Waals surface area contributed by atoms with Gasteiger partial charge in [-0.15, -0.1) is 0 Å². The third-order valence-corrected chi connectivity index (χ3v) is 2.78. The third kappa shape index (κ3) is 3.62. The van der Waals surface area contributed by atoms with Gasteiger partial charge >= 0.3 is 5.97 Å². The number of carbonyl (C=O) groups is 2. The van der Waals surface area contributed by atoms with Crippen LogP contribution in [0.5, 0.6) is 0 Å². The Morgan fingerprint density at radius 1 is 1.00 bits per heavy atom. The van der Waals surface area contributed by atoms with Crippen LogP contribution in [0.2, 0.25) is 0 Å². The van der Waals surface area contributed by atoms with Gasteiger partial charge in [0.25, 0.3) is 5.91 Å². The van der Waals surface area contributed by atoms with E-state index in [9.17, 15) is 18.4 Å². The fourth-order valence-electron chi connectivity index (χ4n) is 1.83. The maximum Gasteiger partial charge on any atom is 0.330 e. The van der Waals surface area contributed by atoms with Crippen molar-refractivity contribution in [3.63, 3.8) is 0 Å². The minimum atomic E-state index is -1.30. The largest absolute Gasteiger partial charge is 0.479 e. The molecule has 2 aromatic rings. The normalized spacial score (nSPS) is 11.7. The molecular formula is C15H11F2NO3. The highest BCUT2D eigenvalue weighted by atomic mass is 19.1. The number of nitrogens with one attached hydrogen (secondary N) is 1. The van der Waals surface area contributed by atoms with Crippen LogP contribution in [-0.2, 0) is 4.79 Å². The highest BCUT2D eigenvalue weighted by molar-refractivity contribution is 5.96. The monoisotopic (exact) mass is 291 g/mol. The summed E-state index contributed by atoms with van der Waals surface area (Å²) in [6.45, 7) is 0.